The number of para-hydroxylation sites is 2. The normalized spacial score (nSPS) is 11.7. The topological polar surface area (TPSA) is 15.8 Å². The molecule has 0 aliphatic carbocycles. The summed E-state index contributed by atoms with van der Waals surface area (Å²) in [6.45, 7) is 0. The molecule has 1 heterocycles. The summed E-state index contributed by atoms with van der Waals surface area (Å²) in [5, 5.41) is 10.2. The molecule has 1 heteroatoms. The van der Waals surface area contributed by atoms with Crippen molar-refractivity contribution in [3.05, 3.63) is 182 Å². The van der Waals surface area contributed by atoms with E-state index in [2.05, 4.69) is 187 Å². The van der Waals surface area contributed by atoms with Crippen LogP contribution in [0.15, 0.2) is 182 Å². The molecule has 1 aromatic heterocycles. The van der Waals surface area contributed by atoms with Crippen LogP contribution in [0.5, 0.6) is 0 Å². The Kier molecular flexibility index (Phi) is 6.25. The second kappa shape index (κ2) is 11.1. The minimum atomic E-state index is 1.15. The Morgan fingerprint density at radius 2 is 0.714 bits per heavy atom. The van der Waals surface area contributed by atoms with Crippen molar-refractivity contribution in [2.45, 2.75) is 0 Å². The van der Waals surface area contributed by atoms with E-state index in [1.54, 1.807) is 0 Å². The lowest BCUT2D eigenvalue weighted by Gasteiger charge is -2.21. The summed E-state index contributed by atoms with van der Waals surface area (Å²) in [6, 6.07) is 66.5. The Labute approximate surface area is 284 Å². The van der Waals surface area contributed by atoms with Gasteiger partial charge in [0.2, 0.25) is 0 Å². The van der Waals surface area contributed by atoms with Gasteiger partial charge in [0.25, 0.3) is 0 Å². The van der Waals surface area contributed by atoms with Gasteiger partial charge in [0.1, 0.15) is 0 Å². The zero-order valence-electron chi connectivity index (χ0n) is 26.8. The highest BCUT2D eigenvalue weighted by Crippen LogP contribution is 2.49. The number of fused-ring (bicyclic) bond motifs is 9. The second-order valence-electron chi connectivity index (χ2n) is 12.9. The predicted molar refractivity (Wildman–Crippen MR) is 210 cm³/mol. The highest BCUT2D eigenvalue weighted by atomic mass is 14.7. The van der Waals surface area contributed by atoms with E-state index in [-0.39, 0.29) is 0 Å². The summed E-state index contributed by atoms with van der Waals surface area (Å²) < 4.78 is 0. The van der Waals surface area contributed by atoms with Crippen molar-refractivity contribution < 1.29 is 0 Å². The predicted octanol–water partition coefficient (Wildman–Crippen LogP) is 13.4. The molecular weight excluding hydrogens is 591 g/mol. The molecule has 10 rings (SSSR count). The van der Waals surface area contributed by atoms with E-state index in [9.17, 15) is 0 Å². The number of aromatic amines is 1. The van der Waals surface area contributed by atoms with Crippen molar-refractivity contribution in [1.29, 1.82) is 0 Å². The first-order chi connectivity index (χ1) is 24.3. The molecule has 0 bridgehead atoms. The molecule has 0 aliphatic rings. The highest BCUT2D eigenvalue weighted by molar-refractivity contribution is 6.29. The van der Waals surface area contributed by atoms with Gasteiger partial charge in [0.05, 0.1) is 5.52 Å². The maximum absolute atomic E-state index is 3.81. The molecule has 49 heavy (non-hydrogen) atoms. The molecule has 10 aromatic rings. The highest BCUT2D eigenvalue weighted by Gasteiger charge is 2.22. The van der Waals surface area contributed by atoms with Crippen molar-refractivity contribution in [1.82, 2.24) is 4.98 Å². The van der Waals surface area contributed by atoms with Crippen molar-refractivity contribution in [3.63, 3.8) is 0 Å². The molecule has 1 nitrogen and oxygen atoms in total. The molecular formula is C48H31N. The lowest BCUT2D eigenvalue weighted by atomic mass is 9.82. The standard InChI is InChI=1S/C48H31N/c1-2-15-31(16-3-1)32-17-4-5-18-33(32)39-24-12-26-41(43-28-14-27-42-37-22-10-11-30-45(37)49-48(42)43)47(39)44-29-13-25-40-36-20-7-6-19-34(36)35-21-8-9-23-38(35)46(40)44/h1-30,49H. The van der Waals surface area contributed by atoms with Crippen LogP contribution in [-0.4, -0.2) is 4.98 Å². The first kappa shape index (κ1) is 27.7. The average molecular weight is 622 g/mol. The second-order valence-corrected chi connectivity index (χ2v) is 12.9. The Hall–Kier alpha value is -6.44. The smallest absolute Gasteiger partial charge is 0.0544 e. The van der Waals surface area contributed by atoms with E-state index < -0.39 is 0 Å². The number of hydrogen-bond donors (Lipinski definition) is 1. The van der Waals surface area contributed by atoms with Gasteiger partial charge in [0, 0.05) is 21.9 Å². The summed E-state index contributed by atoms with van der Waals surface area (Å²) >= 11 is 0. The Morgan fingerprint density at radius 3 is 1.45 bits per heavy atom. The van der Waals surface area contributed by atoms with Gasteiger partial charge < -0.3 is 4.98 Å². The van der Waals surface area contributed by atoms with Gasteiger partial charge in [-0.2, -0.15) is 0 Å². The molecule has 0 amide bonds. The third-order valence-electron chi connectivity index (χ3n) is 10.2. The lowest BCUT2D eigenvalue weighted by Crippen LogP contribution is -1.95. The number of rotatable bonds is 4. The first-order valence-electron chi connectivity index (χ1n) is 17.0. The lowest BCUT2D eigenvalue weighted by molar-refractivity contribution is 1.53. The molecule has 228 valence electrons. The maximum Gasteiger partial charge on any atom is 0.0544 e. The quantitative estimate of drug-likeness (QED) is 0.188. The average Bonchev–Trinajstić information content (AvgIpc) is 3.57. The van der Waals surface area contributed by atoms with Crippen LogP contribution in [0.4, 0.5) is 0 Å². The van der Waals surface area contributed by atoms with Crippen LogP contribution in [-0.2, 0) is 0 Å². The number of hydrogen-bond acceptors (Lipinski definition) is 0. The van der Waals surface area contributed by atoms with Crippen LogP contribution in [0, 0.1) is 0 Å². The summed E-state index contributed by atoms with van der Waals surface area (Å²) in [5.41, 5.74) is 12.1. The van der Waals surface area contributed by atoms with Crippen LogP contribution in [0.25, 0.3) is 98.6 Å². The fraction of sp³-hybridized carbons (Fsp3) is 0. The fourth-order valence-corrected chi connectivity index (χ4v) is 8.14. The van der Waals surface area contributed by atoms with Gasteiger partial charge in [-0.15, -0.1) is 0 Å². The maximum atomic E-state index is 3.81. The van der Waals surface area contributed by atoms with Gasteiger partial charge in [-0.05, 0) is 77.3 Å². The van der Waals surface area contributed by atoms with Crippen molar-refractivity contribution >= 4 is 54.1 Å². The van der Waals surface area contributed by atoms with E-state index in [1.807, 2.05) is 0 Å². The minimum Gasteiger partial charge on any atom is -0.354 e. The molecule has 0 radical (unpaired) electrons. The Bertz CT molecular complexity index is 2830. The monoisotopic (exact) mass is 621 g/mol. The SMILES string of the molecule is c1ccc(-c2ccccc2-c2cccc(-c3cccc4c3[nH]c3ccccc34)c2-c2cccc3c4ccccc4c4ccccc4c23)cc1. The molecule has 0 atom stereocenters. The number of benzene rings is 9. The van der Waals surface area contributed by atoms with Crippen LogP contribution in [0.1, 0.15) is 0 Å². The molecule has 0 spiro atoms. The van der Waals surface area contributed by atoms with Crippen LogP contribution in [0.2, 0.25) is 0 Å². The summed E-state index contributed by atoms with van der Waals surface area (Å²) in [4.78, 5) is 3.81. The van der Waals surface area contributed by atoms with Gasteiger partial charge in [-0.3, -0.25) is 0 Å². The van der Waals surface area contributed by atoms with Crippen LogP contribution in [0.3, 0.4) is 0 Å². The molecule has 0 saturated heterocycles. The van der Waals surface area contributed by atoms with Gasteiger partial charge in [0.15, 0.2) is 0 Å². The molecule has 1 N–H and O–H groups in total. The van der Waals surface area contributed by atoms with Crippen molar-refractivity contribution in [3.8, 4) is 44.5 Å². The van der Waals surface area contributed by atoms with Gasteiger partial charge >= 0.3 is 0 Å². The molecule has 0 fully saturated rings. The molecule has 0 saturated carbocycles. The number of nitrogens with one attached hydrogen (secondary N) is 1. The zero-order valence-corrected chi connectivity index (χ0v) is 26.8. The summed E-state index contributed by atoms with van der Waals surface area (Å²) in [6.07, 6.45) is 0. The van der Waals surface area contributed by atoms with Crippen molar-refractivity contribution in [2.75, 3.05) is 0 Å². The van der Waals surface area contributed by atoms with Crippen LogP contribution < -0.4 is 0 Å². The number of H-pyrrole nitrogens is 1. The Balaban J connectivity index is 1.39. The molecule has 9 aromatic carbocycles. The number of aromatic nitrogens is 1. The van der Waals surface area contributed by atoms with Crippen molar-refractivity contribution in [2.24, 2.45) is 0 Å². The summed E-state index contributed by atoms with van der Waals surface area (Å²) in [5.74, 6) is 0. The Morgan fingerprint density at radius 1 is 0.265 bits per heavy atom. The van der Waals surface area contributed by atoms with E-state index >= 15 is 0 Å². The third kappa shape index (κ3) is 4.26. The van der Waals surface area contributed by atoms with Crippen LogP contribution >= 0.6 is 0 Å². The molecule has 0 unspecified atom stereocenters. The van der Waals surface area contributed by atoms with E-state index in [0.717, 1.165) is 11.0 Å². The largest absolute Gasteiger partial charge is 0.354 e. The first-order valence-corrected chi connectivity index (χ1v) is 17.0. The van der Waals surface area contributed by atoms with Gasteiger partial charge in [-0.25, -0.2) is 0 Å². The fourth-order valence-electron chi connectivity index (χ4n) is 8.14. The summed E-state index contributed by atoms with van der Waals surface area (Å²) in [7, 11) is 0. The van der Waals surface area contributed by atoms with E-state index in [1.165, 1.54) is 87.6 Å². The zero-order chi connectivity index (χ0) is 32.3. The minimum absolute atomic E-state index is 1.15. The van der Waals surface area contributed by atoms with E-state index in [4.69, 9.17) is 0 Å². The third-order valence-corrected chi connectivity index (χ3v) is 10.2. The molecule has 0 aliphatic heterocycles. The van der Waals surface area contributed by atoms with Gasteiger partial charge in [-0.1, -0.05) is 176 Å². The van der Waals surface area contributed by atoms with E-state index in [0.29, 0.717) is 0 Å².